The molecular weight excluding hydrogens is 294 g/mol. The number of aryl methyl sites for hydroxylation is 1. The standard InChI is InChI=1S/C13H19N3O4S/c1-20-7-6-14-10(17)4-5-15-13-16-11-8(12(18)19)2-3-9(11)21-13/h8H,2-7H2,1H3,(H,14,17)(H,15,16)(H,18,19). The molecule has 0 aliphatic heterocycles. The Morgan fingerprint density at radius 3 is 3.00 bits per heavy atom. The number of thiazole rings is 1. The van der Waals surface area contributed by atoms with Gasteiger partial charge in [0.25, 0.3) is 0 Å². The minimum absolute atomic E-state index is 0.0490. The van der Waals surface area contributed by atoms with Crippen LogP contribution in [0.3, 0.4) is 0 Å². The Kier molecular flexibility index (Phi) is 5.51. The predicted octanol–water partition coefficient (Wildman–Crippen LogP) is 0.822. The topological polar surface area (TPSA) is 101 Å². The predicted molar refractivity (Wildman–Crippen MR) is 78.8 cm³/mol. The number of fused-ring (bicyclic) bond motifs is 1. The molecule has 0 bridgehead atoms. The lowest BCUT2D eigenvalue weighted by atomic mass is 10.1. The number of rotatable bonds is 8. The number of hydrogen-bond acceptors (Lipinski definition) is 6. The van der Waals surface area contributed by atoms with Crippen LogP contribution in [0.2, 0.25) is 0 Å². The largest absolute Gasteiger partial charge is 0.481 e. The van der Waals surface area contributed by atoms with E-state index in [-0.39, 0.29) is 5.91 Å². The van der Waals surface area contributed by atoms with E-state index in [0.29, 0.717) is 43.4 Å². The van der Waals surface area contributed by atoms with Gasteiger partial charge in [0.15, 0.2) is 5.13 Å². The quantitative estimate of drug-likeness (QED) is 0.614. The van der Waals surface area contributed by atoms with E-state index >= 15 is 0 Å². The Balaban J connectivity index is 1.76. The lowest BCUT2D eigenvalue weighted by molar-refractivity contribution is -0.138. The van der Waals surface area contributed by atoms with Crippen LogP contribution >= 0.6 is 11.3 Å². The van der Waals surface area contributed by atoms with Crippen molar-refractivity contribution in [2.45, 2.75) is 25.2 Å². The lowest BCUT2D eigenvalue weighted by Crippen LogP contribution is -2.28. The van der Waals surface area contributed by atoms with Gasteiger partial charge in [0.2, 0.25) is 5.91 Å². The van der Waals surface area contributed by atoms with Crippen molar-refractivity contribution in [2.75, 3.05) is 32.1 Å². The summed E-state index contributed by atoms with van der Waals surface area (Å²) in [7, 11) is 1.58. The monoisotopic (exact) mass is 313 g/mol. The number of carboxylic acid groups (broad SMARTS) is 1. The fourth-order valence-electron chi connectivity index (χ4n) is 2.21. The molecule has 2 rings (SSSR count). The van der Waals surface area contributed by atoms with Gasteiger partial charge >= 0.3 is 5.97 Å². The molecular formula is C13H19N3O4S. The molecule has 1 unspecified atom stereocenters. The molecule has 1 aliphatic carbocycles. The van der Waals surface area contributed by atoms with Crippen molar-refractivity contribution >= 4 is 28.3 Å². The molecule has 7 nitrogen and oxygen atoms in total. The molecule has 0 radical (unpaired) electrons. The minimum atomic E-state index is -0.817. The van der Waals surface area contributed by atoms with Crippen LogP contribution in [0, 0.1) is 0 Å². The van der Waals surface area contributed by atoms with E-state index in [1.165, 1.54) is 11.3 Å². The summed E-state index contributed by atoms with van der Waals surface area (Å²) in [6, 6.07) is 0. The average Bonchev–Trinajstić information content (AvgIpc) is 2.98. The molecule has 0 saturated carbocycles. The molecule has 1 amide bonds. The number of amides is 1. The van der Waals surface area contributed by atoms with Crippen LogP contribution in [0.5, 0.6) is 0 Å². The zero-order chi connectivity index (χ0) is 15.2. The van der Waals surface area contributed by atoms with E-state index in [0.717, 1.165) is 11.3 Å². The summed E-state index contributed by atoms with van der Waals surface area (Å²) in [6.45, 7) is 1.47. The Bertz CT molecular complexity index is 518. The van der Waals surface area contributed by atoms with Gasteiger partial charge < -0.3 is 20.5 Å². The van der Waals surface area contributed by atoms with Gasteiger partial charge in [0.05, 0.1) is 12.3 Å². The summed E-state index contributed by atoms with van der Waals surface area (Å²) in [4.78, 5) is 27.9. The maximum atomic E-state index is 11.5. The van der Waals surface area contributed by atoms with Crippen molar-refractivity contribution in [1.82, 2.24) is 10.3 Å². The Morgan fingerprint density at radius 2 is 2.29 bits per heavy atom. The third kappa shape index (κ3) is 4.15. The minimum Gasteiger partial charge on any atom is -0.481 e. The Hall–Kier alpha value is -1.67. The van der Waals surface area contributed by atoms with Gasteiger partial charge in [-0.05, 0) is 12.8 Å². The highest BCUT2D eigenvalue weighted by Gasteiger charge is 2.32. The lowest BCUT2D eigenvalue weighted by Gasteiger charge is -2.05. The SMILES string of the molecule is COCCNC(=O)CCNc1nc2c(s1)CCC2C(=O)O. The first-order valence-corrected chi connectivity index (χ1v) is 7.65. The highest BCUT2D eigenvalue weighted by molar-refractivity contribution is 7.15. The number of aromatic nitrogens is 1. The molecule has 0 spiro atoms. The molecule has 116 valence electrons. The maximum absolute atomic E-state index is 11.5. The number of methoxy groups -OCH3 is 1. The zero-order valence-electron chi connectivity index (χ0n) is 11.8. The van der Waals surface area contributed by atoms with Crippen molar-refractivity contribution in [1.29, 1.82) is 0 Å². The number of nitrogens with zero attached hydrogens (tertiary/aromatic N) is 1. The van der Waals surface area contributed by atoms with E-state index in [1.807, 2.05) is 0 Å². The molecule has 1 aromatic rings. The molecule has 1 atom stereocenters. The third-order valence-electron chi connectivity index (χ3n) is 3.27. The summed E-state index contributed by atoms with van der Waals surface area (Å²) in [6.07, 6.45) is 1.74. The summed E-state index contributed by atoms with van der Waals surface area (Å²) in [5, 5.41) is 15.6. The summed E-state index contributed by atoms with van der Waals surface area (Å²) < 4.78 is 4.84. The fourth-order valence-corrected chi connectivity index (χ4v) is 3.27. The van der Waals surface area contributed by atoms with Crippen molar-refractivity contribution in [3.63, 3.8) is 0 Å². The smallest absolute Gasteiger partial charge is 0.312 e. The maximum Gasteiger partial charge on any atom is 0.312 e. The summed E-state index contributed by atoms with van der Waals surface area (Å²) in [5.41, 5.74) is 0.680. The summed E-state index contributed by atoms with van der Waals surface area (Å²) in [5.74, 6) is -1.35. The van der Waals surface area contributed by atoms with Gasteiger partial charge in [-0.15, -0.1) is 11.3 Å². The number of hydrogen-bond donors (Lipinski definition) is 3. The number of carbonyl (C=O) groups excluding carboxylic acids is 1. The van der Waals surface area contributed by atoms with Gasteiger partial charge in [-0.2, -0.15) is 0 Å². The number of nitrogens with one attached hydrogen (secondary N) is 2. The first-order chi connectivity index (χ1) is 10.1. The molecule has 21 heavy (non-hydrogen) atoms. The van der Waals surface area contributed by atoms with Crippen LogP contribution in [-0.2, 0) is 20.7 Å². The summed E-state index contributed by atoms with van der Waals surface area (Å²) >= 11 is 1.48. The Labute approximate surface area is 126 Å². The Morgan fingerprint density at radius 1 is 1.48 bits per heavy atom. The second kappa shape index (κ2) is 7.37. The van der Waals surface area contributed by atoms with E-state index < -0.39 is 11.9 Å². The van der Waals surface area contributed by atoms with Gasteiger partial charge in [-0.1, -0.05) is 0 Å². The molecule has 1 heterocycles. The van der Waals surface area contributed by atoms with Crippen LogP contribution in [0.4, 0.5) is 5.13 Å². The molecule has 1 aromatic heterocycles. The first-order valence-electron chi connectivity index (χ1n) is 6.83. The molecule has 0 fully saturated rings. The van der Waals surface area contributed by atoms with Crippen molar-refractivity contribution < 1.29 is 19.4 Å². The van der Waals surface area contributed by atoms with E-state index in [4.69, 9.17) is 9.84 Å². The van der Waals surface area contributed by atoms with Crippen LogP contribution in [0.25, 0.3) is 0 Å². The molecule has 8 heteroatoms. The van der Waals surface area contributed by atoms with E-state index in [2.05, 4.69) is 15.6 Å². The van der Waals surface area contributed by atoms with E-state index in [9.17, 15) is 9.59 Å². The second-order valence-corrected chi connectivity index (χ2v) is 5.86. The molecule has 3 N–H and O–H groups in total. The number of ether oxygens (including phenoxy) is 1. The van der Waals surface area contributed by atoms with Crippen molar-refractivity contribution in [2.24, 2.45) is 0 Å². The van der Waals surface area contributed by atoms with Crippen LogP contribution in [0.15, 0.2) is 0 Å². The zero-order valence-corrected chi connectivity index (χ0v) is 12.7. The third-order valence-corrected chi connectivity index (χ3v) is 4.36. The molecule has 0 saturated heterocycles. The average molecular weight is 313 g/mol. The normalized spacial score (nSPS) is 16.5. The number of anilines is 1. The molecule has 0 aromatic carbocycles. The van der Waals surface area contributed by atoms with E-state index in [1.54, 1.807) is 7.11 Å². The number of carboxylic acids is 1. The highest BCUT2D eigenvalue weighted by Crippen LogP contribution is 2.38. The van der Waals surface area contributed by atoms with Gasteiger partial charge in [-0.3, -0.25) is 9.59 Å². The first kappa shape index (κ1) is 15.7. The van der Waals surface area contributed by atoms with Crippen molar-refractivity contribution in [3.8, 4) is 0 Å². The van der Waals surface area contributed by atoms with Crippen LogP contribution in [-0.4, -0.2) is 48.8 Å². The fraction of sp³-hybridized carbons (Fsp3) is 0.615. The van der Waals surface area contributed by atoms with Crippen molar-refractivity contribution in [3.05, 3.63) is 10.6 Å². The van der Waals surface area contributed by atoms with Gasteiger partial charge in [0, 0.05) is 31.5 Å². The molecule has 1 aliphatic rings. The number of carbonyl (C=O) groups is 2. The second-order valence-electron chi connectivity index (χ2n) is 4.78. The highest BCUT2D eigenvalue weighted by atomic mass is 32.1. The number of aliphatic carboxylic acids is 1. The van der Waals surface area contributed by atoms with Crippen LogP contribution < -0.4 is 10.6 Å². The van der Waals surface area contributed by atoms with Gasteiger partial charge in [0.1, 0.15) is 5.92 Å². The van der Waals surface area contributed by atoms with Crippen LogP contribution in [0.1, 0.15) is 29.3 Å². The van der Waals surface area contributed by atoms with Gasteiger partial charge in [-0.25, -0.2) is 4.98 Å².